The molecule has 1 aromatic carbocycles. The predicted molar refractivity (Wildman–Crippen MR) is 136 cm³/mol. The van der Waals surface area contributed by atoms with E-state index in [1.165, 1.54) is 25.3 Å². The van der Waals surface area contributed by atoms with Crippen molar-refractivity contribution >= 4 is 23.3 Å². The number of aromatic nitrogens is 1. The van der Waals surface area contributed by atoms with Gasteiger partial charge in [0.1, 0.15) is 11.5 Å². The van der Waals surface area contributed by atoms with Crippen LogP contribution in [0.25, 0.3) is 0 Å². The van der Waals surface area contributed by atoms with Crippen molar-refractivity contribution in [2.24, 2.45) is 10.9 Å². The van der Waals surface area contributed by atoms with E-state index in [9.17, 15) is 19.7 Å². The second kappa shape index (κ2) is 10.6. The summed E-state index contributed by atoms with van der Waals surface area (Å²) in [6.07, 6.45) is 2.37. The Morgan fingerprint density at radius 2 is 2.00 bits per heavy atom. The molecule has 2 aliphatic heterocycles. The smallest absolute Gasteiger partial charge is 0.337 e. The van der Waals surface area contributed by atoms with Crippen LogP contribution in [-0.4, -0.2) is 58.3 Å². The third kappa shape index (κ3) is 5.59. The number of nitrogens with zero attached hydrogens (tertiary/aromatic N) is 4. The maximum Gasteiger partial charge on any atom is 0.337 e. The summed E-state index contributed by atoms with van der Waals surface area (Å²) in [7, 11) is 1.26. The average molecular weight is 507 g/mol. The second-order valence-electron chi connectivity index (χ2n) is 9.70. The van der Waals surface area contributed by atoms with Crippen LogP contribution < -0.4 is 0 Å². The highest BCUT2D eigenvalue weighted by molar-refractivity contribution is 6.07. The summed E-state index contributed by atoms with van der Waals surface area (Å²) in [5.74, 6) is -2.94. The summed E-state index contributed by atoms with van der Waals surface area (Å²) in [5, 5.41) is 11.5. The van der Waals surface area contributed by atoms with Gasteiger partial charge in [-0.3, -0.25) is 29.8 Å². The van der Waals surface area contributed by atoms with E-state index in [-0.39, 0.29) is 11.3 Å². The number of carbonyl (C=O) groups is 2. The fourth-order valence-electron chi connectivity index (χ4n) is 5.17. The Balaban J connectivity index is 1.64. The van der Waals surface area contributed by atoms with Gasteiger partial charge >= 0.3 is 11.9 Å². The molecule has 0 spiro atoms. The minimum atomic E-state index is -0.921. The van der Waals surface area contributed by atoms with Crippen LogP contribution in [0, 0.1) is 16.0 Å². The number of carbonyl (C=O) groups excluding carboxylic acids is 2. The molecule has 0 radical (unpaired) electrons. The van der Waals surface area contributed by atoms with Crippen LogP contribution in [0.1, 0.15) is 44.4 Å². The molecule has 0 amide bonds. The van der Waals surface area contributed by atoms with Crippen molar-refractivity contribution in [1.82, 2.24) is 9.88 Å². The molecular weight excluding hydrogens is 476 g/mol. The van der Waals surface area contributed by atoms with Crippen molar-refractivity contribution in [2.75, 3.05) is 20.2 Å². The zero-order valence-corrected chi connectivity index (χ0v) is 21.3. The Labute approximate surface area is 215 Å². The minimum absolute atomic E-state index is 0.139. The number of benzene rings is 1. The van der Waals surface area contributed by atoms with E-state index in [0.717, 1.165) is 12.2 Å². The number of hydrogen-bond donors (Lipinski definition) is 0. The van der Waals surface area contributed by atoms with Gasteiger partial charge in [0.2, 0.25) is 0 Å². The molecule has 0 saturated carbocycles. The zero-order valence-electron chi connectivity index (χ0n) is 21.3. The first-order valence-corrected chi connectivity index (χ1v) is 12.1. The molecule has 3 atom stereocenters. The molecule has 3 unspecified atom stereocenters. The fourth-order valence-corrected chi connectivity index (χ4v) is 5.17. The third-order valence-electron chi connectivity index (χ3n) is 6.91. The van der Waals surface area contributed by atoms with Crippen molar-refractivity contribution < 1.29 is 24.0 Å². The fraction of sp³-hybridized carbons (Fsp3) is 0.407. The van der Waals surface area contributed by atoms with Gasteiger partial charge in [-0.25, -0.2) is 4.79 Å². The molecule has 10 heteroatoms. The lowest BCUT2D eigenvalue weighted by molar-refractivity contribution is -0.384. The molecule has 10 nitrogen and oxygen atoms in total. The Hall–Kier alpha value is -3.92. The summed E-state index contributed by atoms with van der Waals surface area (Å²) in [4.78, 5) is 48.6. The van der Waals surface area contributed by atoms with Crippen LogP contribution in [0.3, 0.4) is 0 Å². The SMILES string of the molecule is COC(=O)C1C(C)=NC(C)=C(C(=O)OC2(C)CCN(Cc3ccccn3)C2)C1c1cccc([N+](=O)[O-])c1. The van der Waals surface area contributed by atoms with E-state index in [1.807, 2.05) is 25.1 Å². The van der Waals surface area contributed by atoms with Crippen molar-refractivity contribution in [3.8, 4) is 0 Å². The quantitative estimate of drug-likeness (QED) is 0.315. The van der Waals surface area contributed by atoms with Gasteiger partial charge < -0.3 is 9.47 Å². The Kier molecular flexibility index (Phi) is 7.49. The third-order valence-corrected chi connectivity index (χ3v) is 6.91. The van der Waals surface area contributed by atoms with E-state index in [0.29, 0.717) is 36.5 Å². The lowest BCUT2D eigenvalue weighted by atomic mass is 9.75. The highest BCUT2D eigenvalue weighted by atomic mass is 16.6. The number of rotatable bonds is 7. The van der Waals surface area contributed by atoms with Gasteiger partial charge in [0.25, 0.3) is 5.69 Å². The molecule has 1 saturated heterocycles. The van der Waals surface area contributed by atoms with Gasteiger partial charge in [0.05, 0.1) is 23.3 Å². The molecule has 0 aliphatic carbocycles. The highest BCUT2D eigenvalue weighted by Crippen LogP contribution is 2.42. The maximum atomic E-state index is 13.7. The topological polar surface area (TPSA) is 124 Å². The van der Waals surface area contributed by atoms with Crippen molar-refractivity contribution in [2.45, 2.75) is 45.3 Å². The number of likely N-dealkylation sites (tertiary alicyclic amines) is 1. The molecular formula is C27H30N4O6. The summed E-state index contributed by atoms with van der Waals surface area (Å²) in [5.41, 5.74) is 1.55. The van der Waals surface area contributed by atoms with E-state index in [1.54, 1.807) is 26.1 Å². The Bertz CT molecular complexity index is 1270. The first-order chi connectivity index (χ1) is 17.6. The van der Waals surface area contributed by atoms with E-state index >= 15 is 0 Å². The van der Waals surface area contributed by atoms with Gasteiger partial charge in [-0.2, -0.15) is 0 Å². The molecule has 4 rings (SSSR count). The largest absolute Gasteiger partial charge is 0.468 e. The number of aliphatic imine (C=N–C) groups is 1. The number of non-ortho nitro benzene ring substituents is 1. The lowest BCUT2D eigenvalue weighted by Crippen LogP contribution is -2.40. The van der Waals surface area contributed by atoms with Crippen LogP contribution in [0.5, 0.6) is 0 Å². The molecule has 1 fully saturated rings. The number of nitro benzene ring substituents is 1. The van der Waals surface area contributed by atoms with Crippen LogP contribution in [0.2, 0.25) is 0 Å². The summed E-state index contributed by atoms with van der Waals surface area (Å²) in [6, 6.07) is 11.7. The number of methoxy groups -OCH3 is 1. The van der Waals surface area contributed by atoms with E-state index in [2.05, 4.69) is 14.9 Å². The molecule has 194 valence electrons. The zero-order chi connectivity index (χ0) is 26.7. The standard InChI is InChI=1S/C27H30N4O6/c1-17-22(25(32)36-4)24(19-8-7-10-21(14-19)31(34)35)23(18(2)29-17)26(33)37-27(3)11-13-30(16-27)15-20-9-5-6-12-28-20/h5-10,12,14,22,24H,11,13,15-16H2,1-4H3. The normalized spacial score (nSPS) is 23.9. The van der Waals surface area contributed by atoms with Crippen molar-refractivity contribution in [3.05, 3.63) is 81.3 Å². The van der Waals surface area contributed by atoms with E-state index < -0.39 is 34.3 Å². The van der Waals surface area contributed by atoms with E-state index in [4.69, 9.17) is 9.47 Å². The molecule has 2 aromatic rings. The molecule has 0 N–H and O–H groups in total. The van der Waals surface area contributed by atoms with Crippen LogP contribution in [0.15, 0.2) is 64.9 Å². The molecule has 37 heavy (non-hydrogen) atoms. The number of ether oxygens (including phenoxy) is 2. The summed E-state index contributed by atoms with van der Waals surface area (Å²) >= 11 is 0. The summed E-state index contributed by atoms with van der Waals surface area (Å²) < 4.78 is 11.1. The number of hydrogen-bond acceptors (Lipinski definition) is 9. The monoisotopic (exact) mass is 506 g/mol. The number of pyridine rings is 1. The second-order valence-corrected chi connectivity index (χ2v) is 9.70. The maximum absolute atomic E-state index is 13.7. The molecule has 0 bridgehead atoms. The summed E-state index contributed by atoms with van der Waals surface area (Å²) in [6.45, 7) is 7.14. The van der Waals surface area contributed by atoms with Gasteiger partial charge in [0.15, 0.2) is 0 Å². The van der Waals surface area contributed by atoms with Crippen molar-refractivity contribution in [3.63, 3.8) is 0 Å². The van der Waals surface area contributed by atoms with Gasteiger partial charge in [-0.1, -0.05) is 18.2 Å². The number of nitro groups is 1. The number of esters is 2. The Morgan fingerprint density at radius 3 is 2.68 bits per heavy atom. The van der Waals surface area contributed by atoms with Gasteiger partial charge in [0, 0.05) is 61.7 Å². The highest BCUT2D eigenvalue weighted by Gasteiger charge is 2.45. The molecule has 2 aliphatic rings. The average Bonchev–Trinajstić information content (AvgIpc) is 3.23. The van der Waals surface area contributed by atoms with Crippen molar-refractivity contribution in [1.29, 1.82) is 0 Å². The van der Waals surface area contributed by atoms with Crippen LogP contribution in [-0.2, 0) is 25.6 Å². The molecule has 1 aromatic heterocycles. The minimum Gasteiger partial charge on any atom is -0.468 e. The Morgan fingerprint density at radius 1 is 1.22 bits per heavy atom. The van der Waals surface area contributed by atoms with Gasteiger partial charge in [-0.15, -0.1) is 0 Å². The molecule has 3 heterocycles. The first-order valence-electron chi connectivity index (χ1n) is 12.1. The number of allylic oxidation sites excluding steroid dienone is 1. The first kappa shape index (κ1) is 26.2. The lowest BCUT2D eigenvalue weighted by Gasteiger charge is -2.33. The van der Waals surface area contributed by atoms with Crippen LogP contribution in [0.4, 0.5) is 5.69 Å². The van der Waals surface area contributed by atoms with Gasteiger partial charge in [-0.05, 0) is 38.5 Å². The predicted octanol–water partition coefficient (Wildman–Crippen LogP) is 3.82. The van der Waals surface area contributed by atoms with Crippen LogP contribution >= 0.6 is 0 Å².